The van der Waals surface area contributed by atoms with Crippen LogP contribution in [0.5, 0.6) is 0 Å². The Labute approximate surface area is 93.3 Å². The molecule has 1 aromatic rings. The lowest BCUT2D eigenvalue weighted by Gasteiger charge is -2.28. The highest BCUT2D eigenvalue weighted by Gasteiger charge is 2.12. The summed E-state index contributed by atoms with van der Waals surface area (Å²) >= 11 is 1.79. The third-order valence-electron chi connectivity index (χ3n) is 2.27. The predicted molar refractivity (Wildman–Crippen MR) is 62.6 cm³/mol. The molecule has 0 unspecified atom stereocenters. The number of halogens is 1. The quantitative estimate of drug-likeness (QED) is 0.793. The van der Waals surface area contributed by atoms with Gasteiger partial charge in [0.05, 0.1) is 5.70 Å². The largest absolute Gasteiger partial charge is 0.386 e. The molecule has 2 rings (SSSR count). The molecule has 0 atom stereocenters. The van der Waals surface area contributed by atoms with Gasteiger partial charge in [0, 0.05) is 25.5 Å². The smallest absolute Gasteiger partial charge is 0.123 e. The van der Waals surface area contributed by atoms with Gasteiger partial charge >= 0.3 is 0 Å². The average Bonchev–Trinajstić information content (AvgIpc) is 2.19. The lowest BCUT2D eigenvalue weighted by molar-refractivity contribution is 0.613. The summed E-state index contributed by atoms with van der Waals surface area (Å²) in [5.41, 5.74) is 2.02. The van der Waals surface area contributed by atoms with Gasteiger partial charge in [0.25, 0.3) is 0 Å². The van der Waals surface area contributed by atoms with Crippen molar-refractivity contribution < 1.29 is 4.39 Å². The Kier molecular flexibility index (Phi) is 3.16. The minimum Gasteiger partial charge on any atom is -0.386 e. The Morgan fingerprint density at radius 3 is 2.60 bits per heavy atom. The summed E-state index contributed by atoms with van der Waals surface area (Å²) in [4.78, 5) is 0. The van der Waals surface area contributed by atoms with Gasteiger partial charge in [-0.25, -0.2) is 4.39 Å². The normalized spacial score (nSPS) is 16.1. The number of benzene rings is 1. The first-order chi connectivity index (χ1) is 7.29. The number of hydrogen-bond donors (Lipinski definition) is 1. The lowest BCUT2D eigenvalue weighted by Crippen LogP contribution is -2.25. The van der Waals surface area contributed by atoms with Crippen molar-refractivity contribution in [1.29, 1.82) is 0 Å². The van der Waals surface area contributed by atoms with Crippen LogP contribution in [0.2, 0.25) is 0 Å². The van der Waals surface area contributed by atoms with E-state index in [1.807, 2.05) is 7.05 Å². The fourth-order valence-corrected chi connectivity index (χ4v) is 1.93. The monoisotopic (exact) mass is 224 g/mol. The van der Waals surface area contributed by atoms with Crippen molar-refractivity contribution in [2.45, 2.75) is 0 Å². The number of nitrogens with zero attached hydrogens (tertiary/aromatic N) is 1. The number of rotatable bonds is 3. The second-order valence-electron chi connectivity index (χ2n) is 3.27. The second kappa shape index (κ2) is 4.57. The SMILES string of the molecule is CN/C(=C\N1CCS1)c1ccc(F)cc1. The topological polar surface area (TPSA) is 15.3 Å². The molecular weight excluding hydrogens is 211 g/mol. The minimum atomic E-state index is -0.201. The van der Waals surface area contributed by atoms with E-state index in [1.165, 1.54) is 17.9 Å². The van der Waals surface area contributed by atoms with Gasteiger partial charge in [0.1, 0.15) is 5.82 Å². The molecular formula is C11H13FN2S. The fraction of sp³-hybridized carbons (Fsp3) is 0.273. The molecule has 1 aromatic carbocycles. The highest BCUT2D eigenvalue weighted by molar-refractivity contribution is 7.98. The summed E-state index contributed by atoms with van der Waals surface area (Å²) in [7, 11) is 1.87. The molecule has 4 heteroatoms. The van der Waals surface area contributed by atoms with Gasteiger partial charge < -0.3 is 9.62 Å². The molecule has 80 valence electrons. The zero-order chi connectivity index (χ0) is 10.7. The van der Waals surface area contributed by atoms with Crippen molar-refractivity contribution in [2.75, 3.05) is 19.3 Å². The van der Waals surface area contributed by atoms with Crippen molar-refractivity contribution in [1.82, 2.24) is 9.62 Å². The van der Waals surface area contributed by atoms with Crippen LogP contribution in [0.25, 0.3) is 5.70 Å². The molecule has 0 aromatic heterocycles. The van der Waals surface area contributed by atoms with Gasteiger partial charge in [-0.15, -0.1) is 0 Å². The molecule has 1 heterocycles. The van der Waals surface area contributed by atoms with Gasteiger partial charge in [-0.1, -0.05) is 0 Å². The predicted octanol–water partition coefficient (Wildman–Crippen LogP) is 2.31. The second-order valence-corrected chi connectivity index (χ2v) is 4.41. The van der Waals surface area contributed by atoms with E-state index >= 15 is 0 Å². The van der Waals surface area contributed by atoms with E-state index in [0.29, 0.717) is 0 Å². The summed E-state index contributed by atoms with van der Waals surface area (Å²) < 4.78 is 14.9. The molecule has 1 saturated heterocycles. The highest BCUT2D eigenvalue weighted by Crippen LogP contribution is 2.23. The van der Waals surface area contributed by atoms with E-state index in [0.717, 1.165) is 17.8 Å². The lowest BCUT2D eigenvalue weighted by atomic mass is 10.1. The summed E-state index contributed by atoms with van der Waals surface area (Å²) in [5, 5.41) is 3.12. The maximum absolute atomic E-state index is 12.7. The van der Waals surface area contributed by atoms with Crippen molar-refractivity contribution in [3.63, 3.8) is 0 Å². The van der Waals surface area contributed by atoms with Gasteiger partial charge in [-0.05, 0) is 41.8 Å². The van der Waals surface area contributed by atoms with Crippen molar-refractivity contribution in [2.24, 2.45) is 0 Å². The van der Waals surface area contributed by atoms with Crippen molar-refractivity contribution in [3.8, 4) is 0 Å². The Bertz CT molecular complexity index is 357. The van der Waals surface area contributed by atoms with Crippen LogP contribution in [0.4, 0.5) is 4.39 Å². The van der Waals surface area contributed by atoms with Crippen LogP contribution >= 0.6 is 11.9 Å². The fourth-order valence-electron chi connectivity index (χ4n) is 1.36. The highest BCUT2D eigenvalue weighted by atomic mass is 32.2. The van der Waals surface area contributed by atoms with Gasteiger partial charge in [-0.2, -0.15) is 0 Å². The third kappa shape index (κ3) is 2.45. The average molecular weight is 224 g/mol. The van der Waals surface area contributed by atoms with E-state index < -0.39 is 0 Å². The molecule has 0 spiro atoms. The van der Waals surface area contributed by atoms with Crippen LogP contribution in [0, 0.1) is 5.82 Å². The number of nitrogens with one attached hydrogen (secondary N) is 1. The van der Waals surface area contributed by atoms with E-state index in [9.17, 15) is 4.39 Å². The molecule has 0 bridgehead atoms. The zero-order valence-electron chi connectivity index (χ0n) is 8.53. The van der Waals surface area contributed by atoms with Crippen LogP contribution in [0.15, 0.2) is 30.5 Å². The molecule has 15 heavy (non-hydrogen) atoms. The van der Waals surface area contributed by atoms with Crippen molar-refractivity contribution >= 4 is 17.6 Å². The van der Waals surface area contributed by atoms with Crippen LogP contribution in [-0.4, -0.2) is 23.7 Å². The van der Waals surface area contributed by atoms with Crippen LogP contribution in [0.1, 0.15) is 5.56 Å². The van der Waals surface area contributed by atoms with Gasteiger partial charge in [0.15, 0.2) is 0 Å². The Morgan fingerprint density at radius 2 is 2.13 bits per heavy atom. The molecule has 0 amide bonds. The molecule has 1 N–H and O–H groups in total. The molecule has 0 radical (unpaired) electrons. The first-order valence-corrected chi connectivity index (χ1v) is 5.79. The van der Waals surface area contributed by atoms with Crippen LogP contribution in [-0.2, 0) is 0 Å². The molecule has 0 aliphatic carbocycles. The minimum absolute atomic E-state index is 0.201. The van der Waals surface area contributed by atoms with E-state index in [2.05, 4.69) is 15.8 Å². The molecule has 1 aliphatic rings. The standard InChI is InChI=1S/C11H13FN2S/c1-13-11(8-14-6-7-15-14)9-2-4-10(12)5-3-9/h2-5,8,13H,6-7H2,1H3/b11-8-. The first-order valence-electron chi connectivity index (χ1n) is 4.84. The van der Waals surface area contributed by atoms with E-state index in [1.54, 1.807) is 24.1 Å². The molecule has 1 fully saturated rings. The van der Waals surface area contributed by atoms with Gasteiger partial charge in [-0.3, -0.25) is 0 Å². The Balaban J connectivity index is 2.18. The maximum atomic E-state index is 12.7. The van der Waals surface area contributed by atoms with Crippen LogP contribution < -0.4 is 5.32 Å². The molecule has 0 saturated carbocycles. The number of hydrogen-bond acceptors (Lipinski definition) is 3. The Hall–Kier alpha value is -1.16. The zero-order valence-corrected chi connectivity index (χ0v) is 9.35. The third-order valence-corrected chi connectivity index (χ3v) is 3.25. The maximum Gasteiger partial charge on any atom is 0.123 e. The van der Waals surface area contributed by atoms with Crippen molar-refractivity contribution in [3.05, 3.63) is 41.8 Å². The summed E-state index contributed by atoms with van der Waals surface area (Å²) in [6.07, 6.45) is 2.06. The molecule has 1 aliphatic heterocycles. The van der Waals surface area contributed by atoms with Crippen LogP contribution in [0.3, 0.4) is 0 Å². The van der Waals surface area contributed by atoms with E-state index in [4.69, 9.17) is 0 Å². The molecule has 2 nitrogen and oxygen atoms in total. The first kappa shape index (κ1) is 10.4. The van der Waals surface area contributed by atoms with Gasteiger partial charge in [0.2, 0.25) is 0 Å². The summed E-state index contributed by atoms with van der Waals surface area (Å²) in [6, 6.07) is 6.51. The Morgan fingerprint density at radius 1 is 1.47 bits per heavy atom. The summed E-state index contributed by atoms with van der Waals surface area (Å²) in [5.74, 6) is 0.976. The summed E-state index contributed by atoms with van der Waals surface area (Å²) in [6.45, 7) is 1.08. The van der Waals surface area contributed by atoms with E-state index in [-0.39, 0.29) is 5.82 Å².